The molecule has 3 aromatic rings. The molecule has 0 saturated heterocycles. The summed E-state index contributed by atoms with van der Waals surface area (Å²) in [4.78, 5) is 16.7. The smallest absolute Gasteiger partial charge is 0.255 e. The number of nitrogens with zero attached hydrogens (tertiary/aromatic N) is 3. The average Bonchev–Trinajstić information content (AvgIpc) is 3.16. The van der Waals surface area contributed by atoms with Crippen molar-refractivity contribution < 1.29 is 14.3 Å². The highest BCUT2D eigenvalue weighted by atomic mass is 79.9. The van der Waals surface area contributed by atoms with Gasteiger partial charge >= 0.3 is 0 Å². The maximum Gasteiger partial charge on any atom is 0.255 e. The van der Waals surface area contributed by atoms with Crippen molar-refractivity contribution in [3.05, 3.63) is 59.1 Å². The third-order valence-electron chi connectivity index (χ3n) is 3.60. The van der Waals surface area contributed by atoms with Crippen LogP contribution >= 0.6 is 15.9 Å². The van der Waals surface area contributed by atoms with Crippen molar-refractivity contribution in [1.82, 2.24) is 14.8 Å². The molecule has 3 rings (SSSR count). The fraction of sp³-hybridized carbons (Fsp3) is 0.167. The van der Waals surface area contributed by atoms with E-state index in [0.29, 0.717) is 35.0 Å². The Morgan fingerprint density at radius 1 is 1.23 bits per heavy atom. The standard InChI is InChI=1S/C18H17BrN4O3/c1-3-26-17-8-12(4-7-16(17)25-2)18(24)22-14-9-13(19)5-6-15(14)23-11-20-10-21-23/h4-11H,3H2,1-2H3,(H,22,24). The Hall–Kier alpha value is -2.87. The normalized spacial score (nSPS) is 10.4. The molecule has 7 nitrogen and oxygen atoms in total. The van der Waals surface area contributed by atoms with Gasteiger partial charge in [-0.15, -0.1) is 0 Å². The van der Waals surface area contributed by atoms with E-state index < -0.39 is 0 Å². The topological polar surface area (TPSA) is 78.3 Å². The monoisotopic (exact) mass is 416 g/mol. The van der Waals surface area contributed by atoms with Gasteiger partial charge in [0.2, 0.25) is 0 Å². The zero-order valence-corrected chi connectivity index (χ0v) is 15.9. The van der Waals surface area contributed by atoms with Crippen LogP contribution in [0.3, 0.4) is 0 Å². The molecule has 0 spiro atoms. The lowest BCUT2D eigenvalue weighted by Gasteiger charge is -2.13. The Balaban J connectivity index is 1.91. The molecule has 2 aromatic carbocycles. The first-order valence-electron chi connectivity index (χ1n) is 7.89. The second-order valence-corrected chi connectivity index (χ2v) is 6.17. The van der Waals surface area contributed by atoms with Crippen LogP contribution in [0.1, 0.15) is 17.3 Å². The van der Waals surface area contributed by atoms with Gasteiger partial charge in [0.1, 0.15) is 12.7 Å². The van der Waals surface area contributed by atoms with Crippen molar-refractivity contribution in [2.75, 3.05) is 19.0 Å². The minimum absolute atomic E-state index is 0.270. The highest BCUT2D eigenvalue weighted by molar-refractivity contribution is 9.10. The molecule has 0 aliphatic rings. The van der Waals surface area contributed by atoms with Crippen molar-refractivity contribution in [3.63, 3.8) is 0 Å². The first-order valence-corrected chi connectivity index (χ1v) is 8.68. The van der Waals surface area contributed by atoms with Gasteiger partial charge in [-0.05, 0) is 43.3 Å². The summed E-state index contributed by atoms with van der Waals surface area (Å²) in [6.07, 6.45) is 3.00. The summed E-state index contributed by atoms with van der Waals surface area (Å²) in [7, 11) is 1.56. The number of aromatic nitrogens is 3. The molecule has 8 heteroatoms. The molecule has 0 atom stereocenters. The fourth-order valence-corrected chi connectivity index (χ4v) is 2.78. The van der Waals surface area contributed by atoms with E-state index in [2.05, 4.69) is 31.3 Å². The number of anilines is 1. The number of amides is 1. The molecule has 26 heavy (non-hydrogen) atoms. The van der Waals surface area contributed by atoms with Crippen LogP contribution in [0.5, 0.6) is 11.5 Å². The molecule has 0 bridgehead atoms. The Bertz CT molecular complexity index is 913. The molecule has 134 valence electrons. The van der Waals surface area contributed by atoms with E-state index >= 15 is 0 Å². The van der Waals surface area contributed by atoms with Crippen molar-refractivity contribution >= 4 is 27.5 Å². The van der Waals surface area contributed by atoms with Crippen LogP contribution in [0.15, 0.2) is 53.5 Å². The van der Waals surface area contributed by atoms with Gasteiger partial charge in [0, 0.05) is 10.0 Å². The van der Waals surface area contributed by atoms with Crippen LogP contribution in [-0.2, 0) is 0 Å². The van der Waals surface area contributed by atoms with Crippen LogP contribution in [0.2, 0.25) is 0 Å². The van der Waals surface area contributed by atoms with Crippen LogP contribution in [0, 0.1) is 0 Å². The van der Waals surface area contributed by atoms with Crippen molar-refractivity contribution in [1.29, 1.82) is 0 Å². The predicted molar refractivity (Wildman–Crippen MR) is 101 cm³/mol. The summed E-state index contributed by atoms with van der Waals surface area (Å²) in [5.74, 6) is 0.829. The zero-order chi connectivity index (χ0) is 18.5. The number of ether oxygens (including phenoxy) is 2. The Kier molecular flexibility index (Phi) is 5.52. The van der Waals surface area contributed by atoms with Gasteiger partial charge in [-0.3, -0.25) is 4.79 Å². The molecular weight excluding hydrogens is 400 g/mol. The molecule has 0 radical (unpaired) electrons. The van der Waals surface area contributed by atoms with Crippen molar-refractivity contribution in [2.24, 2.45) is 0 Å². The molecular formula is C18H17BrN4O3. The number of halogens is 1. The Labute approximate surface area is 159 Å². The second-order valence-electron chi connectivity index (χ2n) is 5.25. The first-order chi connectivity index (χ1) is 12.6. The predicted octanol–water partition coefficient (Wildman–Crippen LogP) is 3.69. The fourth-order valence-electron chi connectivity index (χ4n) is 2.42. The number of benzene rings is 2. The number of hydrogen-bond acceptors (Lipinski definition) is 5. The lowest BCUT2D eigenvalue weighted by atomic mass is 10.1. The number of nitrogens with one attached hydrogen (secondary N) is 1. The molecule has 0 saturated carbocycles. The molecule has 0 fully saturated rings. The zero-order valence-electron chi connectivity index (χ0n) is 14.3. The van der Waals surface area contributed by atoms with Crippen molar-refractivity contribution in [3.8, 4) is 17.2 Å². The molecule has 0 aliphatic heterocycles. The summed E-state index contributed by atoms with van der Waals surface area (Å²) >= 11 is 3.42. The third kappa shape index (κ3) is 3.85. The van der Waals surface area contributed by atoms with Crippen LogP contribution in [-0.4, -0.2) is 34.4 Å². The number of carbonyl (C=O) groups excluding carboxylic acids is 1. The SMILES string of the molecule is CCOc1cc(C(=O)Nc2cc(Br)ccc2-n2cncn2)ccc1OC. The highest BCUT2D eigenvalue weighted by Crippen LogP contribution is 2.29. The molecule has 1 amide bonds. The number of carbonyl (C=O) groups is 1. The first kappa shape index (κ1) is 17.9. The van der Waals surface area contributed by atoms with Gasteiger partial charge in [0.15, 0.2) is 11.5 Å². The van der Waals surface area contributed by atoms with E-state index in [4.69, 9.17) is 9.47 Å². The quantitative estimate of drug-likeness (QED) is 0.662. The minimum Gasteiger partial charge on any atom is -0.493 e. The summed E-state index contributed by atoms with van der Waals surface area (Å²) in [6.45, 7) is 2.35. The highest BCUT2D eigenvalue weighted by Gasteiger charge is 2.14. The van der Waals surface area contributed by atoms with E-state index in [9.17, 15) is 4.79 Å². The molecule has 0 unspecified atom stereocenters. The van der Waals surface area contributed by atoms with E-state index in [-0.39, 0.29) is 5.91 Å². The van der Waals surface area contributed by atoms with E-state index in [1.807, 2.05) is 25.1 Å². The van der Waals surface area contributed by atoms with E-state index in [1.165, 1.54) is 6.33 Å². The summed E-state index contributed by atoms with van der Waals surface area (Å²) in [5, 5.41) is 7.03. The summed E-state index contributed by atoms with van der Waals surface area (Å²) < 4.78 is 13.2. The van der Waals surface area contributed by atoms with Crippen LogP contribution in [0.4, 0.5) is 5.69 Å². The van der Waals surface area contributed by atoms with Crippen LogP contribution in [0.25, 0.3) is 5.69 Å². The van der Waals surface area contributed by atoms with Gasteiger partial charge in [-0.1, -0.05) is 15.9 Å². The van der Waals surface area contributed by atoms with Gasteiger partial charge < -0.3 is 14.8 Å². The summed E-state index contributed by atoms with van der Waals surface area (Å²) in [5.41, 5.74) is 1.76. The Morgan fingerprint density at radius 2 is 2.08 bits per heavy atom. The van der Waals surface area contributed by atoms with Gasteiger partial charge in [0.25, 0.3) is 5.91 Å². The van der Waals surface area contributed by atoms with Gasteiger partial charge in [0.05, 0.1) is 25.1 Å². The molecule has 1 heterocycles. The maximum atomic E-state index is 12.7. The van der Waals surface area contributed by atoms with Gasteiger partial charge in [-0.25, -0.2) is 9.67 Å². The van der Waals surface area contributed by atoms with Crippen molar-refractivity contribution in [2.45, 2.75) is 6.92 Å². The lowest BCUT2D eigenvalue weighted by molar-refractivity contribution is 0.102. The number of rotatable bonds is 6. The minimum atomic E-state index is -0.270. The second kappa shape index (κ2) is 8.01. The maximum absolute atomic E-state index is 12.7. The summed E-state index contributed by atoms with van der Waals surface area (Å²) in [6, 6.07) is 10.6. The largest absolute Gasteiger partial charge is 0.493 e. The number of methoxy groups -OCH3 is 1. The Morgan fingerprint density at radius 3 is 2.77 bits per heavy atom. The van der Waals surface area contributed by atoms with E-state index in [1.54, 1.807) is 36.3 Å². The number of hydrogen-bond donors (Lipinski definition) is 1. The lowest BCUT2D eigenvalue weighted by Crippen LogP contribution is -2.14. The molecule has 0 aliphatic carbocycles. The van der Waals surface area contributed by atoms with E-state index in [0.717, 1.165) is 4.47 Å². The third-order valence-corrected chi connectivity index (χ3v) is 4.09. The van der Waals surface area contributed by atoms with Gasteiger partial charge in [-0.2, -0.15) is 5.10 Å². The molecule has 1 aromatic heterocycles. The van der Waals surface area contributed by atoms with Crippen LogP contribution < -0.4 is 14.8 Å². The average molecular weight is 417 g/mol. The molecule has 1 N–H and O–H groups in total.